The molecule has 3 unspecified atom stereocenters. The van der Waals surface area contributed by atoms with E-state index in [1.165, 1.54) is 32.1 Å². The Morgan fingerprint density at radius 2 is 2.06 bits per heavy atom. The van der Waals surface area contributed by atoms with Crippen molar-refractivity contribution in [1.82, 2.24) is 9.80 Å². The molecule has 0 aromatic carbocycles. The fourth-order valence-electron chi connectivity index (χ4n) is 3.67. The molecule has 0 bridgehead atoms. The number of piperidine rings is 1. The Labute approximate surface area is 110 Å². The van der Waals surface area contributed by atoms with Crippen molar-refractivity contribution < 1.29 is 4.79 Å². The summed E-state index contributed by atoms with van der Waals surface area (Å²) in [5.41, 5.74) is 5.92. The second-order valence-corrected chi connectivity index (χ2v) is 6.02. The number of fused-ring (bicyclic) bond motifs is 1. The van der Waals surface area contributed by atoms with Crippen LogP contribution < -0.4 is 5.73 Å². The Kier molecular flexibility index (Phi) is 4.62. The van der Waals surface area contributed by atoms with Gasteiger partial charge >= 0.3 is 0 Å². The van der Waals surface area contributed by atoms with Crippen LogP contribution in [0, 0.1) is 5.92 Å². The zero-order chi connectivity index (χ0) is 13.1. The van der Waals surface area contributed by atoms with Crippen LogP contribution >= 0.6 is 0 Å². The average molecular weight is 253 g/mol. The molecule has 0 spiro atoms. The highest BCUT2D eigenvalue weighted by Gasteiger charge is 2.38. The minimum absolute atomic E-state index is 0.200. The van der Waals surface area contributed by atoms with E-state index in [0.29, 0.717) is 19.0 Å². The van der Waals surface area contributed by atoms with Crippen molar-refractivity contribution in [3.8, 4) is 0 Å². The third-order valence-electron chi connectivity index (χ3n) is 4.69. The zero-order valence-corrected chi connectivity index (χ0v) is 11.8. The maximum absolute atomic E-state index is 11.9. The average Bonchev–Trinajstić information content (AvgIpc) is 2.83. The molecular weight excluding hydrogens is 226 g/mol. The van der Waals surface area contributed by atoms with Gasteiger partial charge in [0.05, 0.1) is 0 Å². The molecule has 1 saturated heterocycles. The normalized spacial score (nSPS) is 29.9. The predicted octanol–water partition coefficient (Wildman–Crippen LogP) is 1.06. The van der Waals surface area contributed by atoms with Crippen LogP contribution in [0.4, 0.5) is 0 Å². The minimum atomic E-state index is 0.200. The van der Waals surface area contributed by atoms with E-state index in [2.05, 4.69) is 4.90 Å². The highest BCUT2D eigenvalue weighted by molar-refractivity contribution is 5.76. The van der Waals surface area contributed by atoms with Crippen molar-refractivity contribution in [3.63, 3.8) is 0 Å². The highest BCUT2D eigenvalue weighted by Crippen LogP contribution is 2.37. The summed E-state index contributed by atoms with van der Waals surface area (Å²) in [5, 5.41) is 0. The number of rotatable bonds is 4. The highest BCUT2D eigenvalue weighted by atomic mass is 16.2. The van der Waals surface area contributed by atoms with E-state index >= 15 is 0 Å². The van der Waals surface area contributed by atoms with E-state index in [9.17, 15) is 4.79 Å². The second-order valence-electron chi connectivity index (χ2n) is 6.02. The first-order valence-corrected chi connectivity index (χ1v) is 7.29. The van der Waals surface area contributed by atoms with Gasteiger partial charge in [-0.3, -0.25) is 9.69 Å². The van der Waals surface area contributed by atoms with E-state index in [1.807, 2.05) is 14.1 Å². The maximum Gasteiger partial charge on any atom is 0.223 e. The number of nitrogens with zero attached hydrogens (tertiary/aromatic N) is 2. The summed E-state index contributed by atoms with van der Waals surface area (Å²) >= 11 is 0. The molecule has 4 heteroatoms. The lowest BCUT2D eigenvalue weighted by Gasteiger charge is -2.42. The molecule has 0 aromatic heterocycles. The first-order valence-electron chi connectivity index (χ1n) is 7.29. The molecule has 104 valence electrons. The van der Waals surface area contributed by atoms with E-state index < -0.39 is 0 Å². The molecule has 1 aliphatic carbocycles. The van der Waals surface area contributed by atoms with Crippen molar-refractivity contribution in [2.24, 2.45) is 11.7 Å². The molecule has 1 amide bonds. The molecule has 2 N–H and O–H groups in total. The molecule has 2 fully saturated rings. The molecule has 0 radical (unpaired) electrons. The quantitative estimate of drug-likeness (QED) is 0.815. The van der Waals surface area contributed by atoms with Gasteiger partial charge in [-0.1, -0.05) is 6.42 Å². The molecule has 3 atom stereocenters. The molecule has 1 heterocycles. The van der Waals surface area contributed by atoms with Gasteiger partial charge in [0.25, 0.3) is 0 Å². The monoisotopic (exact) mass is 253 g/mol. The fourth-order valence-corrected chi connectivity index (χ4v) is 3.67. The number of hydrogen-bond donors (Lipinski definition) is 1. The molecule has 18 heavy (non-hydrogen) atoms. The molecule has 2 aliphatic rings. The van der Waals surface area contributed by atoms with Gasteiger partial charge in [0.15, 0.2) is 0 Å². The standard InChI is InChI=1S/C14H27N3O/c1-16(2)14(18)9-12(10-15)17-8-4-6-11-5-3-7-13(11)17/h11-13H,3-10,15H2,1-2H3. The molecule has 4 nitrogen and oxygen atoms in total. The van der Waals surface area contributed by atoms with Crippen LogP contribution in [0.15, 0.2) is 0 Å². The SMILES string of the molecule is CN(C)C(=O)CC(CN)N1CCCC2CCCC21. The summed E-state index contributed by atoms with van der Waals surface area (Å²) in [6, 6.07) is 0.938. The van der Waals surface area contributed by atoms with Crippen LogP contribution in [0.25, 0.3) is 0 Å². The number of nitrogens with two attached hydrogens (primary N) is 1. The number of likely N-dealkylation sites (tertiary alicyclic amines) is 1. The lowest BCUT2D eigenvalue weighted by atomic mass is 9.90. The van der Waals surface area contributed by atoms with Crippen molar-refractivity contribution in [2.45, 2.75) is 50.6 Å². The second kappa shape index (κ2) is 6.02. The zero-order valence-electron chi connectivity index (χ0n) is 11.8. The first-order chi connectivity index (χ1) is 8.63. The van der Waals surface area contributed by atoms with Gasteiger partial charge in [-0.15, -0.1) is 0 Å². The summed E-state index contributed by atoms with van der Waals surface area (Å²) in [6.07, 6.45) is 7.25. The molecule has 2 rings (SSSR count). The van der Waals surface area contributed by atoms with Crippen LogP contribution in [0.5, 0.6) is 0 Å². The number of hydrogen-bond acceptors (Lipinski definition) is 3. The Morgan fingerprint density at radius 3 is 2.72 bits per heavy atom. The van der Waals surface area contributed by atoms with Gasteiger partial charge in [0, 0.05) is 39.1 Å². The van der Waals surface area contributed by atoms with Gasteiger partial charge in [-0.05, 0) is 38.1 Å². The maximum atomic E-state index is 11.9. The van der Waals surface area contributed by atoms with Gasteiger partial charge in [-0.25, -0.2) is 0 Å². The van der Waals surface area contributed by atoms with Crippen LogP contribution in [-0.4, -0.2) is 55.0 Å². The van der Waals surface area contributed by atoms with Crippen molar-refractivity contribution in [1.29, 1.82) is 0 Å². The summed E-state index contributed by atoms with van der Waals surface area (Å²) in [5.74, 6) is 1.06. The van der Waals surface area contributed by atoms with Crippen molar-refractivity contribution in [2.75, 3.05) is 27.2 Å². The van der Waals surface area contributed by atoms with Gasteiger partial charge in [-0.2, -0.15) is 0 Å². The Bertz CT molecular complexity index is 293. The van der Waals surface area contributed by atoms with Crippen molar-refractivity contribution in [3.05, 3.63) is 0 Å². The smallest absolute Gasteiger partial charge is 0.223 e. The lowest BCUT2D eigenvalue weighted by Crippen LogP contribution is -2.52. The van der Waals surface area contributed by atoms with Crippen LogP contribution in [-0.2, 0) is 4.79 Å². The Morgan fingerprint density at radius 1 is 1.33 bits per heavy atom. The molecule has 0 aromatic rings. The number of carbonyl (C=O) groups is 1. The summed E-state index contributed by atoms with van der Waals surface area (Å²) in [6.45, 7) is 1.73. The molecule has 1 aliphatic heterocycles. The third-order valence-corrected chi connectivity index (χ3v) is 4.69. The van der Waals surface area contributed by atoms with Crippen LogP contribution in [0.1, 0.15) is 38.5 Å². The number of carbonyl (C=O) groups excluding carboxylic acids is 1. The van der Waals surface area contributed by atoms with Gasteiger partial charge in [0.2, 0.25) is 5.91 Å². The van der Waals surface area contributed by atoms with Gasteiger partial charge in [0.1, 0.15) is 0 Å². The Balaban J connectivity index is 2.00. The minimum Gasteiger partial charge on any atom is -0.349 e. The first kappa shape index (κ1) is 13.8. The largest absolute Gasteiger partial charge is 0.349 e. The van der Waals surface area contributed by atoms with E-state index in [4.69, 9.17) is 5.73 Å². The molecular formula is C14H27N3O. The van der Waals surface area contributed by atoms with Crippen LogP contribution in [0.2, 0.25) is 0 Å². The molecule has 1 saturated carbocycles. The van der Waals surface area contributed by atoms with Gasteiger partial charge < -0.3 is 10.6 Å². The van der Waals surface area contributed by atoms with E-state index in [-0.39, 0.29) is 11.9 Å². The summed E-state index contributed by atoms with van der Waals surface area (Å²) < 4.78 is 0. The van der Waals surface area contributed by atoms with Crippen LogP contribution in [0.3, 0.4) is 0 Å². The Hall–Kier alpha value is -0.610. The third kappa shape index (κ3) is 2.86. The topological polar surface area (TPSA) is 49.6 Å². The number of amides is 1. The summed E-state index contributed by atoms with van der Waals surface area (Å²) in [4.78, 5) is 16.1. The lowest BCUT2D eigenvalue weighted by molar-refractivity contribution is -0.130. The van der Waals surface area contributed by atoms with E-state index in [0.717, 1.165) is 12.5 Å². The van der Waals surface area contributed by atoms with E-state index in [1.54, 1.807) is 4.90 Å². The summed E-state index contributed by atoms with van der Waals surface area (Å²) in [7, 11) is 3.65. The fraction of sp³-hybridized carbons (Fsp3) is 0.929. The predicted molar refractivity (Wildman–Crippen MR) is 73.2 cm³/mol. The van der Waals surface area contributed by atoms with Crippen molar-refractivity contribution >= 4 is 5.91 Å².